The molecule has 5 nitrogen and oxygen atoms in total. The van der Waals surface area contributed by atoms with E-state index in [9.17, 15) is 17.6 Å². The van der Waals surface area contributed by atoms with Crippen molar-refractivity contribution in [1.82, 2.24) is 0 Å². The van der Waals surface area contributed by atoms with Crippen LogP contribution in [0.4, 0.5) is 20.8 Å². The first-order valence-electron chi connectivity index (χ1n) is 10.1. The van der Waals surface area contributed by atoms with Crippen molar-refractivity contribution >= 4 is 43.3 Å². The molecule has 0 radical (unpaired) electrons. The summed E-state index contributed by atoms with van der Waals surface area (Å²) in [5.41, 5.74) is 9.08. The summed E-state index contributed by atoms with van der Waals surface area (Å²) in [6, 6.07) is 18.6. The van der Waals surface area contributed by atoms with Gasteiger partial charge in [-0.3, -0.25) is 4.79 Å². The average Bonchev–Trinajstić information content (AvgIpc) is 3.14. The topological polar surface area (TPSA) is 89.3 Å². The van der Waals surface area contributed by atoms with E-state index in [-0.39, 0.29) is 30.9 Å². The Labute approximate surface area is 195 Å². The maximum atomic E-state index is 13.6. The molecule has 0 aliphatic rings. The molecule has 4 rings (SSSR count). The Kier molecular flexibility index (Phi) is 6.05. The van der Waals surface area contributed by atoms with Gasteiger partial charge in [-0.1, -0.05) is 30.3 Å². The zero-order valence-corrected chi connectivity index (χ0v) is 19.6. The van der Waals surface area contributed by atoms with Crippen molar-refractivity contribution in [3.05, 3.63) is 100 Å². The van der Waals surface area contributed by atoms with Crippen molar-refractivity contribution in [3.63, 3.8) is 0 Å². The molecule has 1 aromatic heterocycles. The smallest absolute Gasteiger partial charge is 0.211 e. The largest absolute Gasteiger partial charge is 0.396 e. The maximum absolute atomic E-state index is 13.6. The van der Waals surface area contributed by atoms with E-state index in [0.29, 0.717) is 5.69 Å². The Bertz CT molecular complexity index is 1450. The monoisotopic (exact) mass is 480 g/mol. The lowest BCUT2D eigenvalue weighted by Crippen LogP contribution is -2.08. The lowest BCUT2D eigenvalue weighted by atomic mass is 10.1. The number of carbonyl (C=O) groups is 1. The zero-order chi connectivity index (χ0) is 23.8. The van der Waals surface area contributed by atoms with Crippen LogP contribution in [-0.4, -0.2) is 14.2 Å². The van der Waals surface area contributed by atoms with Crippen LogP contribution in [0.3, 0.4) is 0 Å². The Balaban J connectivity index is 1.90. The molecule has 8 heteroatoms. The molecule has 168 valence electrons. The van der Waals surface area contributed by atoms with Crippen LogP contribution in [0.2, 0.25) is 0 Å². The van der Waals surface area contributed by atoms with Crippen LogP contribution in [0.5, 0.6) is 0 Å². The lowest BCUT2D eigenvalue weighted by molar-refractivity contribution is 0.104. The van der Waals surface area contributed by atoms with Crippen molar-refractivity contribution in [1.29, 1.82) is 0 Å². The molecule has 0 atom stereocenters. The van der Waals surface area contributed by atoms with E-state index in [0.717, 1.165) is 22.5 Å². The van der Waals surface area contributed by atoms with Crippen LogP contribution in [0.15, 0.2) is 82.6 Å². The van der Waals surface area contributed by atoms with Gasteiger partial charge in [-0.2, -0.15) is 0 Å². The van der Waals surface area contributed by atoms with Gasteiger partial charge < -0.3 is 11.1 Å². The number of ketones is 1. The van der Waals surface area contributed by atoms with E-state index in [1.165, 1.54) is 36.4 Å². The molecule has 0 unspecified atom stereocenters. The number of benzene rings is 3. The van der Waals surface area contributed by atoms with Crippen LogP contribution in [0.25, 0.3) is 0 Å². The Morgan fingerprint density at radius 1 is 0.939 bits per heavy atom. The molecule has 0 saturated carbocycles. The van der Waals surface area contributed by atoms with Crippen LogP contribution >= 0.6 is 11.3 Å². The number of nitrogens with two attached hydrogens (primary N) is 1. The number of anilines is 3. The average molecular weight is 481 g/mol. The third-order valence-corrected chi connectivity index (χ3v) is 8.49. The number of carbonyl (C=O) groups excluding carboxylic acids is 1. The molecule has 0 bridgehead atoms. The predicted octanol–water partition coefficient (Wildman–Crippen LogP) is 5.89. The van der Waals surface area contributed by atoms with Crippen molar-refractivity contribution in [3.8, 4) is 0 Å². The number of halogens is 1. The second-order valence-corrected chi connectivity index (χ2v) is 10.4. The minimum Gasteiger partial charge on any atom is -0.396 e. The molecule has 0 fully saturated rings. The van der Waals surface area contributed by atoms with Crippen molar-refractivity contribution in [2.45, 2.75) is 23.6 Å². The molecule has 0 amide bonds. The minimum absolute atomic E-state index is 0.0688. The fourth-order valence-electron chi connectivity index (χ4n) is 3.41. The highest BCUT2D eigenvalue weighted by molar-refractivity contribution is 7.92. The highest BCUT2D eigenvalue weighted by atomic mass is 32.2. The SMILES string of the molecule is Cc1cccc(Nc2sc(C(=O)c3ccc(F)cc3)c(N)c2S(=O)(=O)c2ccccc2)c1C. The highest BCUT2D eigenvalue weighted by Gasteiger charge is 2.31. The Hall–Kier alpha value is -3.49. The van der Waals surface area contributed by atoms with Crippen molar-refractivity contribution in [2.75, 3.05) is 11.1 Å². The minimum atomic E-state index is -4.03. The van der Waals surface area contributed by atoms with Gasteiger partial charge in [0.05, 0.1) is 10.6 Å². The predicted molar refractivity (Wildman–Crippen MR) is 130 cm³/mol. The molecule has 0 saturated heterocycles. The molecule has 1 heterocycles. The number of sulfone groups is 1. The lowest BCUT2D eigenvalue weighted by Gasteiger charge is -2.12. The molecule has 0 spiro atoms. The highest BCUT2D eigenvalue weighted by Crippen LogP contribution is 2.44. The summed E-state index contributed by atoms with van der Waals surface area (Å²) in [6.07, 6.45) is 0. The number of thiophene rings is 1. The van der Waals surface area contributed by atoms with Gasteiger partial charge in [0.25, 0.3) is 0 Å². The van der Waals surface area contributed by atoms with Crippen LogP contribution < -0.4 is 11.1 Å². The first-order chi connectivity index (χ1) is 15.7. The van der Waals surface area contributed by atoms with Gasteiger partial charge in [0.2, 0.25) is 15.6 Å². The Morgan fingerprint density at radius 2 is 1.61 bits per heavy atom. The van der Waals surface area contributed by atoms with E-state index < -0.39 is 21.4 Å². The summed E-state index contributed by atoms with van der Waals surface area (Å²) in [4.78, 5) is 13.2. The second-order valence-electron chi connectivity index (χ2n) is 7.53. The number of hydrogen-bond acceptors (Lipinski definition) is 6. The van der Waals surface area contributed by atoms with Gasteiger partial charge >= 0.3 is 0 Å². The quantitative estimate of drug-likeness (QED) is 0.336. The molecule has 3 aromatic carbocycles. The summed E-state index contributed by atoms with van der Waals surface area (Å²) in [5, 5.41) is 3.43. The normalized spacial score (nSPS) is 11.4. The number of nitrogen functional groups attached to an aromatic ring is 1. The van der Waals surface area contributed by atoms with E-state index in [2.05, 4.69) is 5.32 Å². The molecule has 0 aliphatic carbocycles. The molecule has 0 aliphatic heterocycles. The molecule has 4 aromatic rings. The van der Waals surface area contributed by atoms with Crippen molar-refractivity contribution < 1.29 is 17.6 Å². The van der Waals surface area contributed by atoms with Gasteiger partial charge in [0, 0.05) is 11.3 Å². The van der Waals surface area contributed by atoms with E-state index in [1.54, 1.807) is 18.2 Å². The van der Waals surface area contributed by atoms with Gasteiger partial charge in [0.15, 0.2) is 0 Å². The van der Waals surface area contributed by atoms with Gasteiger partial charge in [-0.15, -0.1) is 11.3 Å². The molecule has 3 N–H and O–H groups in total. The van der Waals surface area contributed by atoms with Gasteiger partial charge in [0.1, 0.15) is 20.6 Å². The van der Waals surface area contributed by atoms with Crippen LogP contribution in [0, 0.1) is 19.7 Å². The number of aryl methyl sites for hydroxylation is 1. The third kappa shape index (κ3) is 4.27. The first-order valence-corrected chi connectivity index (χ1v) is 12.4. The number of hydrogen-bond donors (Lipinski definition) is 2. The number of rotatable bonds is 6. The number of nitrogens with one attached hydrogen (secondary N) is 1. The first kappa shape index (κ1) is 22.7. The fourth-order valence-corrected chi connectivity index (χ4v) is 6.35. The van der Waals surface area contributed by atoms with Crippen LogP contribution in [0.1, 0.15) is 26.4 Å². The summed E-state index contributed by atoms with van der Waals surface area (Å²) in [7, 11) is -4.03. The zero-order valence-electron chi connectivity index (χ0n) is 17.9. The standard InChI is InChI=1S/C25H21FN2O3S2/c1-15-7-6-10-20(16(15)2)28-25-24(33(30,31)19-8-4-3-5-9-19)21(27)23(32-25)22(29)17-11-13-18(26)14-12-17/h3-14,28H,27H2,1-2H3. The summed E-state index contributed by atoms with van der Waals surface area (Å²) >= 11 is 0.966. The summed E-state index contributed by atoms with van der Waals surface area (Å²) < 4.78 is 40.5. The molecule has 33 heavy (non-hydrogen) atoms. The van der Waals surface area contributed by atoms with Gasteiger partial charge in [-0.25, -0.2) is 12.8 Å². The van der Waals surface area contributed by atoms with Gasteiger partial charge in [-0.05, 0) is 67.4 Å². The summed E-state index contributed by atoms with van der Waals surface area (Å²) in [5.74, 6) is -0.952. The second kappa shape index (κ2) is 8.80. The Morgan fingerprint density at radius 3 is 2.27 bits per heavy atom. The van der Waals surface area contributed by atoms with Crippen molar-refractivity contribution in [2.24, 2.45) is 0 Å². The fraction of sp³-hybridized carbons (Fsp3) is 0.0800. The van der Waals surface area contributed by atoms with E-state index in [1.807, 2.05) is 32.0 Å². The van der Waals surface area contributed by atoms with Crippen LogP contribution in [-0.2, 0) is 9.84 Å². The molecular formula is C25H21FN2O3S2. The molecular weight excluding hydrogens is 459 g/mol. The maximum Gasteiger partial charge on any atom is 0.211 e. The van der Waals surface area contributed by atoms with E-state index in [4.69, 9.17) is 5.73 Å². The summed E-state index contributed by atoms with van der Waals surface area (Å²) in [6.45, 7) is 3.87. The third-order valence-electron chi connectivity index (χ3n) is 5.39. The van der Waals surface area contributed by atoms with E-state index >= 15 is 0 Å².